The second kappa shape index (κ2) is 17.6. The van der Waals surface area contributed by atoms with Crippen molar-refractivity contribution < 1.29 is 21.7 Å². The molecule has 5 aliphatic rings. The molecule has 1 atom stereocenters. The molecule has 1 N–H and O–H groups in total. The van der Waals surface area contributed by atoms with E-state index in [0.717, 1.165) is 17.8 Å². The normalized spacial score (nSPS) is 25.0. The summed E-state index contributed by atoms with van der Waals surface area (Å²) >= 11 is -0.392. The Bertz CT molecular complexity index is 1420. The number of benzene rings is 4. The molecule has 0 aliphatic heterocycles. The van der Waals surface area contributed by atoms with Gasteiger partial charge in [0.1, 0.15) is 0 Å². The van der Waals surface area contributed by atoms with Crippen LogP contribution in [0.5, 0.6) is 0 Å². The van der Waals surface area contributed by atoms with Gasteiger partial charge in [0, 0.05) is 0 Å². The minimum absolute atomic E-state index is 0. The van der Waals surface area contributed by atoms with E-state index in [1.165, 1.54) is 75.2 Å². The summed E-state index contributed by atoms with van der Waals surface area (Å²) in [5, 5.41) is 0. The topological polar surface area (TPSA) is 23.8 Å². The van der Waals surface area contributed by atoms with Gasteiger partial charge < -0.3 is 5.73 Å². The summed E-state index contributed by atoms with van der Waals surface area (Å²) in [5.74, 6) is 3.43. The van der Waals surface area contributed by atoms with E-state index >= 15 is 0 Å². The van der Waals surface area contributed by atoms with E-state index in [2.05, 4.69) is 143 Å². The van der Waals surface area contributed by atoms with Crippen LogP contribution in [0.25, 0.3) is 16.9 Å². The van der Waals surface area contributed by atoms with Gasteiger partial charge in [0.2, 0.25) is 0 Å². The molecule has 0 spiro atoms. The number of rotatable bonds is 3. The molecule has 0 amide bonds. The van der Waals surface area contributed by atoms with E-state index in [0.29, 0.717) is 5.92 Å². The second-order valence-corrected chi connectivity index (χ2v) is 17.1. The Balaban J connectivity index is 0.000000139. The molecule has 0 saturated heterocycles. The third kappa shape index (κ3) is 10.5. The van der Waals surface area contributed by atoms with Gasteiger partial charge in [0.15, 0.2) is 0 Å². The predicted molar refractivity (Wildman–Crippen MR) is 196 cm³/mol. The Morgan fingerprint density at radius 1 is 0.587 bits per heavy atom. The Hall–Kier alpha value is -2.42. The maximum Gasteiger partial charge on any atom is -0.0184 e. The van der Waals surface area contributed by atoms with Crippen LogP contribution in [-0.4, -0.2) is 21.0 Å². The van der Waals surface area contributed by atoms with Crippen LogP contribution in [0.2, 0.25) is 0 Å². The zero-order valence-corrected chi connectivity index (χ0v) is 32.2. The molecule has 1 radical (unpaired) electrons. The van der Waals surface area contributed by atoms with Gasteiger partial charge in [-0.3, -0.25) is 6.08 Å². The first-order chi connectivity index (χ1) is 21.8. The zero-order chi connectivity index (χ0) is 31.6. The monoisotopic (exact) mass is 702 g/mol. The van der Waals surface area contributed by atoms with Crippen molar-refractivity contribution in [2.75, 3.05) is 0 Å². The molecule has 4 aromatic carbocycles. The molecule has 3 heteroatoms. The van der Waals surface area contributed by atoms with Crippen LogP contribution >= 0.6 is 0 Å². The molecule has 235 valence electrons. The van der Waals surface area contributed by atoms with Crippen LogP contribution in [0.15, 0.2) is 138 Å². The van der Waals surface area contributed by atoms with Crippen molar-refractivity contribution in [1.29, 1.82) is 0 Å². The fourth-order valence-corrected chi connectivity index (χ4v) is 10.4. The average molecular weight is 701 g/mol. The molecule has 1 nitrogen and oxygen atoms in total. The number of hydrogen-bond donors (Lipinski definition) is 0. The van der Waals surface area contributed by atoms with Gasteiger partial charge in [-0.2, -0.15) is 11.1 Å². The minimum Gasteiger partial charge on any atom is -0.0622 e. The third-order valence-electron chi connectivity index (χ3n) is 10.1. The van der Waals surface area contributed by atoms with E-state index in [1.807, 2.05) is 12.1 Å². The largest absolute Gasteiger partial charge is 0.0622 e. The van der Waals surface area contributed by atoms with Crippen LogP contribution in [0, 0.1) is 29.7 Å². The van der Waals surface area contributed by atoms with Crippen molar-refractivity contribution in [1.82, 2.24) is 0 Å². The van der Waals surface area contributed by atoms with E-state index in [-0.39, 0.29) is 27.3 Å². The Morgan fingerprint density at radius 2 is 0.935 bits per heavy atom. The molecule has 5 aliphatic carbocycles. The van der Waals surface area contributed by atoms with E-state index < -0.39 is 15.4 Å². The number of allylic oxidation sites excluding steroid dienone is 4. The predicted octanol–water partition coefficient (Wildman–Crippen LogP) is 10.2. The van der Waals surface area contributed by atoms with Crippen molar-refractivity contribution in [2.24, 2.45) is 23.7 Å². The second-order valence-electron chi connectivity index (χ2n) is 13.7. The standard InChI is InChI=1S/C12H11Ge.C12H10.C10H16N.C9H13.Ti/c1-3-7-11(8-4-1)13-12-9-5-2-6-10-12;1-3-7-11(8-4-1)12-9-5-2-6-10-12;11-10-4-7-1-8(5-10)3-9(2-7)6-10;1-6-5-7(2)9(4)8(6)3;/h1-10,13H;1-10H;7-9,11H,1-6H2;6H,1-4H3;/q;;2*-1;+2. The van der Waals surface area contributed by atoms with Crippen LogP contribution in [0.1, 0.15) is 66.2 Å². The van der Waals surface area contributed by atoms with Gasteiger partial charge in [-0.05, 0) is 48.1 Å². The van der Waals surface area contributed by atoms with Gasteiger partial charge in [-0.15, -0.1) is 12.5 Å². The fourth-order valence-electron chi connectivity index (χ4n) is 7.82. The Morgan fingerprint density at radius 3 is 1.20 bits per heavy atom. The molecule has 4 bridgehead atoms. The molecule has 1 unspecified atom stereocenters. The first kappa shape index (κ1) is 36.4. The zero-order valence-electron chi connectivity index (χ0n) is 28.2. The number of nitrogens with one attached hydrogen (secondary N) is 1. The third-order valence-corrected chi connectivity index (χ3v) is 13.1. The summed E-state index contributed by atoms with van der Waals surface area (Å²) in [5.41, 5.74) is 15.1. The maximum absolute atomic E-state index is 8.21. The summed E-state index contributed by atoms with van der Waals surface area (Å²) in [4.78, 5) is 0. The Labute approximate surface area is 300 Å². The smallest absolute Gasteiger partial charge is 0.0184 e. The summed E-state index contributed by atoms with van der Waals surface area (Å²) in [6, 6.07) is 42.3. The van der Waals surface area contributed by atoms with E-state index in [1.54, 1.807) is 0 Å². The molecule has 9 rings (SSSR count). The molecule has 0 aromatic heterocycles. The summed E-state index contributed by atoms with van der Waals surface area (Å²) in [6.45, 7) is 8.67. The van der Waals surface area contributed by atoms with Crippen molar-refractivity contribution in [3.8, 4) is 11.1 Å². The summed E-state index contributed by atoms with van der Waals surface area (Å²) < 4.78 is 3.05. The Kier molecular flexibility index (Phi) is 14.0. The first-order valence-electron chi connectivity index (χ1n) is 16.9. The summed E-state index contributed by atoms with van der Waals surface area (Å²) in [6.07, 6.45) is 11.5. The van der Waals surface area contributed by atoms with Gasteiger partial charge in [-0.1, -0.05) is 107 Å². The fraction of sp³-hybridized carbons (Fsp3) is 0.349. The molecular formula is C43H50GeNTi. The van der Waals surface area contributed by atoms with E-state index in [9.17, 15) is 0 Å². The van der Waals surface area contributed by atoms with E-state index in [4.69, 9.17) is 5.73 Å². The molecule has 4 aromatic rings. The van der Waals surface area contributed by atoms with Crippen molar-refractivity contribution in [3.05, 3.63) is 150 Å². The molecule has 4 fully saturated rings. The molecule has 0 heterocycles. The first-order valence-corrected chi connectivity index (χ1v) is 19.3. The molecular weight excluding hydrogens is 651 g/mol. The summed E-state index contributed by atoms with van der Waals surface area (Å²) in [7, 11) is 0. The van der Waals surface area contributed by atoms with Gasteiger partial charge in [0.25, 0.3) is 0 Å². The number of hydrogen-bond acceptors (Lipinski definition) is 0. The van der Waals surface area contributed by atoms with Crippen LogP contribution < -0.4 is 8.79 Å². The SMILES string of the molecule is CC1=[C-]C(C)C(C)=C1C.[NH-]C12CC3CC(CC(C3)C1)C2.[Ti+2].c1cc[c]([GeH][c]2ccccc2)cc1.c1ccc(-c2ccccc2)cc1. The quantitative estimate of drug-likeness (QED) is 0.150. The van der Waals surface area contributed by atoms with Gasteiger partial charge in [0.05, 0.1) is 0 Å². The van der Waals surface area contributed by atoms with Gasteiger partial charge in [-0.25, -0.2) is 5.57 Å². The minimum atomic E-state index is -0.392. The molecule has 4 saturated carbocycles. The van der Waals surface area contributed by atoms with Crippen molar-refractivity contribution in [3.63, 3.8) is 0 Å². The van der Waals surface area contributed by atoms with Gasteiger partial charge >= 0.3 is 107 Å². The van der Waals surface area contributed by atoms with Crippen LogP contribution in [0.3, 0.4) is 0 Å². The van der Waals surface area contributed by atoms with Crippen LogP contribution in [-0.2, 0) is 21.7 Å². The average Bonchev–Trinajstić information content (AvgIpc) is 3.27. The van der Waals surface area contributed by atoms with Crippen molar-refractivity contribution in [2.45, 2.75) is 71.8 Å². The van der Waals surface area contributed by atoms with Crippen molar-refractivity contribution >= 4 is 24.2 Å². The maximum atomic E-state index is 8.21. The van der Waals surface area contributed by atoms with Crippen LogP contribution in [0.4, 0.5) is 0 Å². The molecule has 46 heavy (non-hydrogen) atoms.